The first-order valence-electron chi connectivity index (χ1n) is 12.1. The first kappa shape index (κ1) is 24.8. The maximum absolute atomic E-state index is 13.1. The molecule has 0 radical (unpaired) electrons. The molecular weight excluding hydrogens is 440 g/mol. The maximum atomic E-state index is 13.1. The van der Waals surface area contributed by atoms with E-state index in [4.69, 9.17) is 4.74 Å². The van der Waals surface area contributed by atoms with Crippen LogP contribution in [0.25, 0.3) is 10.9 Å². The van der Waals surface area contributed by atoms with Crippen LogP contribution >= 0.6 is 0 Å². The number of H-pyrrole nitrogens is 1. The Morgan fingerprint density at radius 2 is 1.80 bits per heavy atom. The third-order valence-corrected chi connectivity index (χ3v) is 6.61. The number of benzene rings is 2. The lowest BCUT2D eigenvalue weighted by molar-refractivity contribution is 0.151. The largest absolute Gasteiger partial charge is 0.383 e. The van der Waals surface area contributed by atoms with Gasteiger partial charge in [0.25, 0.3) is 5.56 Å². The minimum absolute atomic E-state index is 0.0662. The topological polar surface area (TPSA) is 88.9 Å². The smallest absolute Gasteiger partial charge is 0.252 e. The highest BCUT2D eigenvalue weighted by Gasteiger charge is 2.26. The molecule has 184 valence electrons. The summed E-state index contributed by atoms with van der Waals surface area (Å²) in [5.74, 6) is 0.778. The highest BCUT2D eigenvalue weighted by atomic mass is 16.5. The number of aromatic nitrogens is 5. The average molecular weight is 475 g/mol. The molecule has 4 aromatic rings. The molecule has 0 unspecified atom stereocenters. The second-order valence-corrected chi connectivity index (χ2v) is 9.22. The van der Waals surface area contributed by atoms with Crippen LogP contribution in [0.2, 0.25) is 0 Å². The number of rotatable bonds is 10. The van der Waals surface area contributed by atoms with Gasteiger partial charge >= 0.3 is 0 Å². The zero-order valence-corrected chi connectivity index (χ0v) is 21.2. The number of tetrazole rings is 1. The standard InChI is InChI=1S/C27H34N6O2/c1-6-25(26-29-30-31-33(26)11-12-35-5)32(16-21-9-7-18(2)8-10-21)17-23-15-22-13-19(3)20(4)14-24(22)28-27(23)34/h7-10,13-15,25H,6,11-12,16-17H2,1-5H3,(H,28,34)/t25-/m0/s1. The zero-order chi connectivity index (χ0) is 24.9. The van der Waals surface area contributed by atoms with Crippen LogP contribution in [0.1, 0.15) is 53.0 Å². The van der Waals surface area contributed by atoms with Gasteiger partial charge in [-0.1, -0.05) is 36.8 Å². The molecular formula is C27H34N6O2. The second-order valence-electron chi connectivity index (χ2n) is 9.22. The van der Waals surface area contributed by atoms with Crippen LogP contribution in [0, 0.1) is 20.8 Å². The van der Waals surface area contributed by atoms with Crippen LogP contribution in [0.4, 0.5) is 0 Å². The van der Waals surface area contributed by atoms with Crippen LogP contribution in [0.3, 0.4) is 0 Å². The fraction of sp³-hybridized carbons (Fsp3) is 0.407. The second kappa shape index (κ2) is 10.9. The lowest BCUT2D eigenvalue weighted by atomic mass is 10.0. The first-order chi connectivity index (χ1) is 16.9. The van der Waals surface area contributed by atoms with Crippen molar-refractivity contribution in [1.29, 1.82) is 0 Å². The Morgan fingerprint density at radius 1 is 1.06 bits per heavy atom. The van der Waals surface area contributed by atoms with Gasteiger partial charge in [-0.3, -0.25) is 9.69 Å². The Kier molecular flexibility index (Phi) is 7.73. The molecule has 35 heavy (non-hydrogen) atoms. The number of hydrogen-bond acceptors (Lipinski definition) is 6. The number of methoxy groups -OCH3 is 1. The normalized spacial score (nSPS) is 12.5. The quantitative estimate of drug-likeness (QED) is 0.370. The van der Waals surface area contributed by atoms with Crippen LogP contribution < -0.4 is 5.56 Å². The lowest BCUT2D eigenvalue weighted by Gasteiger charge is -2.30. The van der Waals surface area contributed by atoms with Crippen molar-refractivity contribution in [2.24, 2.45) is 0 Å². The van der Waals surface area contributed by atoms with E-state index in [2.05, 4.69) is 83.4 Å². The van der Waals surface area contributed by atoms with Crippen molar-refractivity contribution >= 4 is 10.9 Å². The van der Waals surface area contributed by atoms with Gasteiger partial charge in [0, 0.05) is 31.3 Å². The molecule has 2 aromatic heterocycles. The number of nitrogens with one attached hydrogen (secondary N) is 1. The van der Waals surface area contributed by atoms with Gasteiger partial charge in [-0.15, -0.1) is 5.10 Å². The molecule has 8 nitrogen and oxygen atoms in total. The van der Waals surface area contributed by atoms with Crippen LogP contribution in [0.5, 0.6) is 0 Å². The number of ether oxygens (including phenoxy) is 1. The van der Waals surface area contributed by atoms with Crippen LogP contribution in [0.15, 0.2) is 47.3 Å². The summed E-state index contributed by atoms with van der Waals surface area (Å²) in [5, 5.41) is 13.5. The van der Waals surface area contributed by atoms with Crippen LogP contribution in [-0.4, -0.2) is 43.8 Å². The molecule has 0 saturated carbocycles. The van der Waals surface area contributed by atoms with Gasteiger partial charge in [0.15, 0.2) is 5.82 Å². The van der Waals surface area contributed by atoms with Crippen molar-refractivity contribution in [3.8, 4) is 0 Å². The van der Waals surface area contributed by atoms with Crippen molar-refractivity contribution in [3.63, 3.8) is 0 Å². The Labute approximate surface area is 205 Å². The highest BCUT2D eigenvalue weighted by Crippen LogP contribution is 2.27. The lowest BCUT2D eigenvalue weighted by Crippen LogP contribution is -2.32. The van der Waals surface area contributed by atoms with Gasteiger partial charge in [0.05, 0.1) is 19.2 Å². The molecule has 2 aromatic carbocycles. The molecule has 0 aliphatic heterocycles. The molecule has 0 aliphatic carbocycles. The van der Waals surface area contributed by atoms with E-state index in [0.717, 1.165) is 34.3 Å². The van der Waals surface area contributed by atoms with Crippen LogP contribution in [-0.2, 0) is 24.4 Å². The SMILES string of the molecule is CC[C@@H](c1nnnn1CCOC)N(Cc1ccc(C)cc1)Cc1cc2cc(C)c(C)cc2[nH]c1=O. The Hall–Kier alpha value is -3.36. The molecule has 2 heterocycles. The molecule has 1 atom stereocenters. The van der Waals surface area contributed by atoms with E-state index in [-0.39, 0.29) is 11.6 Å². The van der Waals surface area contributed by atoms with E-state index in [1.165, 1.54) is 16.7 Å². The van der Waals surface area contributed by atoms with Gasteiger partial charge in [-0.25, -0.2) is 4.68 Å². The molecule has 4 rings (SSSR count). The van der Waals surface area contributed by atoms with E-state index >= 15 is 0 Å². The monoisotopic (exact) mass is 474 g/mol. The fourth-order valence-electron chi connectivity index (χ4n) is 4.45. The molecule has 8 heteroatoms. The van der Waals surface area contributed by atoms with Gasteiger partial charge in [0.2, 0.25) is 0 Å². The number of hydrogen-bond donors (Lipinski definition) is 1. The van der Waals surface area contributed by atoms with Crippen molar-refractivity contribution in [1.82, 2.24) is 30.1 Å². The summed E-state index contributed by atoms with van der Waals surface area (Å²) in [4.78, 5) is 18.5. The summed E-state index contributed by atoms with van der Waals surface area (Å²) in [6.07, 6.45) is 0.795. The molecule has 1 N–H and O–H groups in total. The van der Waals surface area contributed by atoms with Gasteiger partial charge in [-0.2, -0.15) is 0 Å². The average Bonchev–Trinajstić information content (AvgIpc) is 3.29. The number of nitrogens with zero attached hydrogens (tertiary/aromatic N) is 5. The molecule has 0 saturated heterocycles. The minimum atomic E-state index is -0.0713. The molecule has 0 aliphatic rings. The fourth-order valence-corrected chi connectivity index (χ4v) is 4.45. The molecule has 0 bridgehead atoms. The molecule has 0 amide bonds. The van der Waals surface area contributed by atoms with Crippen molar-refractivity contribution in [2.75, 3.05) is 13.7 Å². The van der Waals surface area contributed by atoms with Crippen molar-refractivity contribution in [2.45, 2.75) is 59.8 Å². The molecule has 0 fully saturated rings. The van der Waals surface area contributed by atoms with E-state index in [9.17, 15) is 4.79 Å². The Morgan fingerprint density at radius 3 is 2.51 bits per heavy atom. The number of pyridine rings is 1. The van der Waals surface area contributed by atoms with E-state index < -0.39 is 0 Å². The maximum Gasteiger partial charge on any atom is 0.252 e. The van der Waals surface area contributed by atoms with Gasteiger partial charge < -0.3 is 9.72 Å². The van der Waals surface area contributed by atoms with Crippen molar-refractivity contribution in [3.05, 3.63) is 86.5 Å². The predicted octanol–water partition coefficient (Wildman–Crippen LogP) is 4.24. The van der Waals surface area contributed by atoms with E-state index in [1.54, 1.807) is 11.8 Å². The Bertz CT molecular complexity index is 1340. The number of fused-ring (bicyclic) bond motifs is 1. The summed E-state index contributed by atoms with van der Waals surface area (Å²) in [6, 6.07) is 14.6. The highest BCUT2D eigenvalue weighted by molar-refractivity contribution is 5.80. The summed E-state index contributed by atoms with van der Waals surface area (Å²) in [7, 11) is 1.67. The van der Waals surface area contributed by atoms with Crippen molar-refractivity contribution < 1.29 is 4.74 Å². The van der Waals surface area contributed by atoms with Gasteiger partial charge in [-0.05, 0) is 77.9 Å². The third kappa shape index (κ3) is 5.66. The summed E-state index contributed by atoms with van der Waals surface area (Å²) in [5.41, 5.74) is 6.28. The predicted molar refractivity (Wildman–Crippen MR) is 137 cm³/mol. The summed E-state index contributed by atoms with van der Waals surface area (Å²) >= 11 is 0. The number of aryl methyl sites for hydroxylation is 3. The minimum Gasteiger partial charge on any atom is -0.383 e. The zero-order valence-electron chi connectivity index (χ0n) is 21.2. The third-order valence-electron chi connectivity index (χ3n) is 6.61. The van der Waals surface area contributed by atoms with E-state index in [1.807, 2.05) is 12.1 Å². The Balaban J connectivity index is 1.73. The molecule has 0 spiro atoms. The summed E-state index contributed by atoms with van der Waals surface area (Å²) in [6.45, 7) is 10.6. The van der Waals surface area contributed by atoms with Gasteiger partial charge in [0.1, 0.15) is 0 Å². The number of aromatic amines is 1. The van der Waals surface area contributed by atoms with E-state index in [0.29, 0.717) is 26.2 Å². The summed E-state index contributed by atoms with van der Waals surface area (Å²) < 4.78 is 7.05. The first-order valence-corrected chi connectivity index (χ1v) is 12.1.